The maximum absolute atomic E-state index is 10.3. The fraction of sp³-hybridized carbons (Fsp3) is 0. The van der Waals surface area contributed by atoms with Crippen LogP contribution in [0.4, 0.5) is 0 Å². The van der Waals surface area contributed by atoms with Gasteiger partial charge in [0.15, 0.2) is 0 Å². The average Bonchev–Trinajstić information content (AvgIpc) is 0.830. The minimum Gasteiger partial charge on any atom is -0.545 e. The van der Waals surface area contributed by atoms with Crippen LogP contribution >= 0.6 is 139 Å². The van der Waals surface area contributed by atoms with Crippen molar-refractivity contribution < 1.29 is 142 Å². The number of carbonyl (C=O) groups is 6. The van der Waals surface area contributed by atoms with Gasteiger partial charge in [-0.15, -0.1) is 0 Å². The summed E-state index contributed by atoms with van der Waals surface area (Å²) < 4.78 is 0. The molecular weight excluding hydrogens is 1880 g/mol. The van der Waals surface area contributed by atoms with E-state index in [0.717, 1.165) is 45.6 Å². The number of carboxylic acids is 6. The maximum Gasteiger partial charge on any atom is 3.00 e. The normalized spacial score (nSPS) is 9.47. The van der Waals surface area contributed by atoms with Crippen molar-refractivity contribution in [1.29, 1.82) is 0 Å². The third kappa shape index (κ3) is 36.2. The Morgan fingerprint density at radius 3 is 0.453 bits per heavy atom. The topological polar surface area (TPSA) is 384 Å². The first-order valence-electron chi connectivity index (χ1n) is 28.1. The summed E-state index contributed by atoms with van der Waals surface area (Å²) >= 11 is 66.2. The van der Waals surface area contributed by atoms with Crippen LogP contribution in [0.15, 0.2) is 243 Å². The minimum atomic E-state index is -1.28. The Morgan fingerprint density at radius 2 is 0.340 bits per heavy atom. The molecule has 0 radical (unpaired) electrons. The predicted octanol–water partition coefficient (Wildman–Crippen LogP) is 12.7. The van der Waals surface area contributed by atoms with E-state index in [9.17, 15) is 59.4 Å². The molecule has 536 valence electrons. The number of aromatic carboxylic acids is 6. The van der Waals surface area contributed by atoms with Gasteiger partial charge in [0.25, 0.3) is 0 Å². The smallest absolute Gasteiger partial charge is 0.545 e. The molecule has 0 aliphatic rings. The predicted molar refractivity (Wildman–Crippen MR) is 396 cm³/mol. The number of aromatic nitrogens is 6. The van der Waals surface area contributed by atoms with E-state index in [4.69, 9.17) is 139 Å². The molecule has 6 aromatic carbocycles. The van der Waals surface area contributed by atoms with Gasteiger partial charge in [-0.2, -0.15) is 0 Å². The number of nitrogens with zero attached hydrogens (tertiary/aromatic N) is 6. The number of carboxylic acid groups (broad SMARTS) is 6. The van der Waals surface area contributed by atoms with Gasteiger partial charge in [-0.3, -0.25) is 19.9 Å². The van der Waals surface area contributed by atoms with Crippen molar-refractivity contribution in [3.8, 4) is 45.6 Å². The zero-order valence-corrected chi connectivity index (χ0v) is 69.8. The number of carbonyl (C=O) groups excluding carboxylic acids is 6. The van der Waals surface area contributed by atoms with E-state index in [-0.39, 0.29) is 176 Å². The Hall–Kier alpha value is -7.17. The van der Waals surface area contributed by atoms with Gasteiger partial charge in [0.2, 0.25) is 0 Å². The van der Waals surface area contributed by atoms with Gasteiger partial charge in [-0.25, -0.2) is 9.97 Å². The molecule has 0 bridgehead atoms. The van der Waals surface area contributed by atoms with Crippen molar-refractivity contribution in [1.82, 2.24) is 29.9 Å². The molecule has 20 nitrogen and oxygen atoms in total. The number of hydrogen-bond acceptors (Lipinski definition) is 18. The molecule has 106 heavy (non-hydrogen) atoms. The van der Waals surface area contributed by atoms with Crippen LogP contribution in [0.1, 0.15) is 62.1 Å². The first-order valence-corrected chi connectivity index (χ1v) is 32.6. The van der Waals surface area contributed by atoms with Crippen LogP contribution in [-0.2, 0) is 11.0 Å². The molecule has 0 atom stereocenters. The fourth-order valence-corrected chi connectivity index (χ4v) is 10.7. The summed E-state index contributed by atoms with van der Waals surface area (Å²) in [4.78, 5) is 88.0. The monoisotopic (exact) mass is 1920 g/mol. The summed E-state index contributed by atoms with van der Waals surface area (Å²) in [6, 6.07) is 59.0. The quantitative estimate of drug-likeness (QED) is 0.115. The second-order valence-corrected chi connectivity index (χ2v) is 24.6. The summed E-state index contributed by atoms with van der Waals surface area (Å²) in [5, 5.41) is 65.1. The number of rotatable bonds is 10. The van der Waals surface area contributed by atoms with Gasteiger partial charge < -0.3 is 70.4 Å². The number of pyridine rings is 6. The minimum absolute atomic E-state index is 0. The SMILES string of the molecule is O=C([O-])c1cc(Cl)cc(Cl)c1.O=C([O-])c1cc(Cl)cc(Cl)c1.O=C([O-])c1cc(Cl)cc(Cl)c1.O=C([O-])c1cc(Cl)cc(Cl)c1.O=C([O-])c1cc(Cl)cc(Cl)c1.O=C([O-])c1cc(Cl)cc(Cl)c1.[La+3].[La+3].[OH3+].[OH3+].c1ccc(-c2cccc(-c3ccccn3)n2)nc1.c1ccc(-c2cccc(-c3ccccn3)n2)nc1. The van der Waals surface area contributed by atoms with E-state index in [2.05, 4.69) is 29.9 Å². The Morgan fingerprint density at radius 1 is 0.208 bits per heavy atom. The fourth-order valence-electron chi connectivity index (χ4n) is 7.53. The number of halogens is 12. The van der Waals surface area contributed by atoms with Crippen LogP contribution in [0, 0.1) is 71.2 Å². The average molecular weight is 1920 g/mol. The van der Waals surface area contributed by atoms with E-state index in [0.29, 0.717) is 0 Å². The van der Waals surface area contributed by atoms with Crippen LogP contribution in [0.3, 0.4) is 0 Å². The molecule has 0 fully saturated rings. The zero-order chi connectivity index (χ0) is 75.0. The van der Waals surface area contributed by atoms with Gasteiger partial charge in [0, 0.05) is 118 Å². The summed E-state index contributed by atoms with van der Waals surface area (Å²) in [6.45, 7) is 0. The first-order chi connectivity index (χ1) is 48.4. The summed E-state index contributed by atoms with van der Waals surface area (Å²) in [7, 11) is 0. The molecule has 12 aromatic rings. The van der Waals surface area contributed by atoms with Crippen LogP contribution in [0.25, 0.3) is 45.6 Å². The molecule has 0 aliphatic heterocycles. The maximum atomic E-state index is 10.3. The van der Waals surface area contributed by atoms with Crippen LogP contribution < -0.4 is 30.6 Å². The van der Waals surface area contributed by atoms with E-state index >= 15 is 0 Å². The van der Waals surface area contributed by atoms with Crippen molar-refractivity contribution >= 4 is 175 Å². The molecule has 0 amide bonds. The largest absolute Gasteiger partial charge is 3.00 e. The molecule has 0 unspecified atom stereocenters. The van der Waals surface area contributed by atoms with Crippen molar-refractivity contribution in [2.75, 3.05) is 0 Å². The number of benzene rings is 6. The molecule has 34 heteroatoms. The van der Waals surface area contributed by atoms with Gasteiger partial charge in [-0.1, -0.05) is 176 Å². The standard InChI is InChI=1S/2C15H11N3.6C7H4Cl2O2.2La.2H2O/c2*1-3-10-16-12(6-1)14-8-5-9-15(18-14)13-7-2-4-11-17-13;6*8-5-1-4(7(10)11)2-6(9)3-5;;;;/h2*1-11H;6*1-3H,(H,10,11);;;2*1H2/q;;;;;;;;2*+3;;/p-4. The van der Waals surface area contributed by atoms with Crippen molar-refractivity contribution in [2.24, 2.45) is 0 Å². The van der Waals surface area contributed by atoms with E-state index in [1.165, 1.54) is 109 Å². The molecule has 6 aromatic heterocycles. The third-order valence-electron chi connectivity index (χ3n) is 11.8. The van der Waals surface area contributed by atoms with E-state index in [1.807, 2.05) is 109 Å². The summed E-state index contributed by atoms with van der Waals surface area (Å²) in [5.41, 5.74) is 6.85. The molecule has 0 saturated heterocycles. The van der Waals surface area contributed by atoms with Gasteiger partial charge in [0.1, 0.15) is 0 Å². The Balaban J connectivity index is 0.000000609. The Bertz CT molecular complexity index is 4050. The van der Waals surface area contributed by atoms with Crippen LogP contribution in [-0.4, -0.2) is 65.7 Å². The van der Waals surface area contributed by atoms with E-state index < -0.39 is 35.8 Å². The molecule has 12 rings (SSSR count). The molecule has 0 spiro atoms. The Labute approximate surface area is 720 Å². The van der Waals surface area contributed by atoms with Crippen molar-refractivity contribution in [3.05, 3.63) is 337 Å². The molecule has 0 aliphatic carbocycles. The first kappa shape index (κ1) is 96.8. The van der Waals surface area contributed by atoms with E-state index in [1.54, 1.807) is 24.8 Å². The van der Waals surface area contributed by atoms with Crippen molar-refractivity contribution in [3.63, 3.8) is 0 Å². The third-order valence-corrected chi connectivity index (χ3v) is 14.4. The summed E-state index contributed by atoms with van der Waals surface area (Å²) in [6.07, 6.45) is 7.07. The number of hydrogen-bond donors (Lipinski definition) is 0. The molecule has 0 saturated carbocycles. The van der Waals surface area contributed by atoms with Gasteiger partial charge in [-0.05, 0) is 182 Å². The molecule has 6 heterocycles. The Kier molecular flexibility index (Phi) is 46.1. The zero-order valence-electron chi connectivity index (χ0n) is 53.5. The van der Waals surface area contributed by atoms with Gasteiger partial charge in [0.05, 0.1) is 81.4 Å². The van der Waals surface area contributed by atoms with Crippen molar-refractivity contribution in [2.45, 2.75) is 0 Å². The van der Waals surface area contributed by atoms with Crippen LogP contribution in [0.2, 0.25) is 60.3 Å². The second-order valence-electron chi connectivity index (χ2n) is 19.3. The summed E-state index contributed by atoms with van der Waals surface area (Å²) in [5.74, 6) is -7.70. The second kappa shape index (κ2) is 50.5. The molecule has 6 N–H and O–H groups in total. The molecular formula is C72H46Cl12La2N6O14+2. The van der Waals surface area contributed by atoms with Crippen LogP contribution in [0.5, 0.6) is 0 Å². The van der Waals surface area contributed by atoms with Gasteiger partial charge >= 0.3 is 71.2 Å².